The van der Waals surface area contributed by atoms with E-state index in [9.17, 15) is 0 Å². The number of aromatic nitrogens is 2. The summed E-state index contributed by atoms with van der Waals surface area (Å²) >= 11 is 0. The predicted molar refractivity (Wildman–Crippen MR) is 65.6 cm³/mol. The Kier molecular flexibility index (Phi) is 2.79. The van der Waals surface area contributed by atoms with Gasteiger partial charge in [-0.15, -0.1) is 0 Å². The van der Waals surface area contributed by atoms with E-state index in [1.54, 1.807) is 0 Å². The van der Waals surface area contributed by atoms with Crippen LogP contribution < -0.4 is 5.73 Å². The number of benzene rings is 1. The van der Waals surface area contributed by atoms with Crippen molar-refractivity contribution >= 4 is 0 Å². The average Bonchev–Trinajstić information content (AvgIpc) is 2.60. The zero-order chi connectivity index (χ0) is 11.7. The zero-order valence-electron chi connectivity index (χ0n) is 9.94. The summed E-state index contributed by atoms with van der Waals surface area (Å²) in [5.74, 6) is 0. The van der Waals surface area contributed by atoms with E-state index in [2.05, 4.69) is 40.7 Å². The van der Waals surface area contributed by atoms with Gasteiger partial charge in [0.2, 0.25) is 0 Å². The fourth-order valence-corrected chi connectivity index (χ4v) is 1.70. The van der Waals surface area contributed by atoms with Crippen LogP contribution in [0.25, 0.3) is 5.69 Å². The molecule has 0 spiro atoms. The Balaban J connectivity index is 2.38. The number of hydrogen-bond donors (Lipinski definition) is 1. The van der Waals surface area contributed by atoms with Crippen molar-refractivity contribution in [3.05, 3.63) is 47.5 Å². The number of nitrogens with two attached hydrogens (primary N) is 1. The van der Waals surface area contributed by atoms with Gasteiger partial charge in [-0.05, 0) is 38.5 Å². The van der Waals surface area contributed by atoms with Crippen LogP contribution >= 0.6 is 0 Å². The van der Waals surface area contributed by atoms with Crippen LogP contribution in [-0.4, -0.2) is 9.55 Å². The van der Waals surface area contributed by atoms with Gasteiger partial charge in [0.25, 0.3) is 0 Å². The lowest BCUT2D eigenvalue weighted by Crippen LogP contribution is -2.05. The van der Waals surface area contributed by atoms with Crippen molar-refractivity contribution in [2.45, 2.75) is 26.8 Å². The van der Waals surface area contributed by atoms with Gasteiger partial charge in [0.15, 0.2) is 0 Å². The molecule has 0 radical (unpaired) electrons. The highest BCUT2D eigenvalue weighted by atomic mass is 15.1. The summed E-state index contributed by atoms with van der Waals surface area (Å²) in [5.41, 5.74) is 10.3. The standard InChI is InChI=1S/C13H17N3/c1-9(14)12-4-6-13(7-5-12)16-8-15-10(2)11(16)3/h4-9H,14H2,1-3H3/t9-/m1/s1. The second-order valence-corrected chi connectivity index (χ2v) is 4.17. The normalized spacial score (nSPS) is 12.8. The first kappa shape index (κ1) is 10.9. The molecule has 16 heavy (non-hydrogen) atoms. The molecule has 2 aromatic rings. The van der Waals surface area contributed by atoms with Crippen LogP contribution in [-0.2, 0) is 0 Å². The predicted octanol–water partition coefficient (Wildman–Crippen LogP) is 2.51. The molecule has 1 atom stereocenters. The van der Waals surface area contributed by atoms with E-state index in [0.717, 1.165) is 16.9 Å². The van der Waals surface area contributed by atoms with Crippen molar-refractivity contribution < 1.29 is 0 Å². The Morgan fingerprint density at radius 2 is 1.81 bits per heavy atom. The number of imidazole rings is 1. The number of aryl methyl sites for hydroxylation is 1. The van der Waals surface area contributed by atoms with Gasteiger partial charge in [0, 0.05) is 17.4 Å². The van der Waals surface area contributed by atoms with Crippen molar-refractivity contribution in [2.24, 2.45) is 5.73 Å². The first-order valence-electron chi connectivity index (χ1n) is 5.46. The van der Waals surface area contributed by atoms with Crippen molar-refractivity contribution in [2.75, 3.05) is 0 Å². The van der Waals surface area contributed by atoms with Gasteiger partial charge in [-0.1, -0.05) is 12.1 Å². The number of nitrogens with zero attached hydrogens (tertiary/aromatic N) is 2. The van der Waals surface area contributed by atoms with Crippen LogP contribution in [0, 0.1) is 13.8 Å². The van der Waals surface area contributed by atoms with Crippen LogP contribution in [0.4, 0.5) is 0 Å². The van der Waals surface area contributed by atoms with E-state index < -0.39 is 0 Å². The minimum atomic E-state index is 0.0830. The molecule has 0 amide bonds. The summed E-state index contributed by atoms with van der Waals surface area (Å²) < 4.78 is 2.08. The number of hydrogen-bond acceptors (Lipinski definition) is 2. The van der Waals surface area contributed by atoms with E-state index >= 15 is 0 Å². The Morgan fingerprint density at radius 3 is 2.25 bits per heavy atom. The van der Waals surface area contributed by atoms with Crippen molar-refractivity contribution in [3.8, 4) is 5.69 Å². The first-order chi connectivity index (χ1) is 7.59. The van der Waals surface area contributed by atoms with E-state index in [-0.39, 0.29) is 6.04 Å². The molecule has 0 aliphatic carbocycles. The molecule has 0 aliphatic rings. The molecular weight excluding hydrogens is 198 g/mol. The molecule has 2 N–H and O–H groups in total. The summed E-state index contributed by atoms with van der Waals surface area (Å²) in [5, 5.41) is 0. The largest absolute Gasteiger partial charge is 0.324 e. The lowest BCUT2D eigenvalue weighted by Gasteiger charge is -2.09. The maximum absolute atomic E-state index is 5.82. The third-order valence-electron chi connectivity index (χ3n) is 2.95. The van der Waals surface area contributed by atoms with Crippen LogP contribution in [0.2, 0.25) is 0 Å². The molecular formula is C13H17N3. The zero-order valence-corrected chi connectivity index (χ0v) is 9.94. The molecule has 84 valence electrons. The van der Waals surface area contributed by atoms with Gasteiger partial charge in [-0.3, -0.25) is 0 Å². The van der Waals surface area contributed by atoms with Gasteiger partial charge >= 0.3 is 0 Å². The monoisotopic (exact) mass is 215 g/mol. The summed E-state index contributed by atoms with van der Waals surface area (Å²) in [6, 6.07) is 8.36. The van der Waals surface area contributed by atoms with Gasteiger partial charge in [-0.2, -0.15) is 0 Å². The summed E-state index contributed by atoms with van der Waals surface area (Å²) in [6.45, 7) is 6.07. The highest BCUT2D eigenvalue weighted by Gasteiger charge is 2.04. The van der Waals surface area contributed by atoms with Gasteiger partial charge in [-0.25, -0.2) is 4.98 Å². The average molecular weight is 215 g/mol. The van der Waals surface area contributed by atoms with Crippen molar-refractivity contribution in [1.29, 1.82) is 0 Å². The summed E-state index contributed by atoms with van der Waals surface area (Å²) in [6.07, 6.45) is 1.85. The molecule has 1 aromatic carbocycles. The number of rotatable bonds is 2. The van der Waals surface area contributed by atoms with E-state index in [4.69, 9.17) is 5.73 Å². The topological polar surface area (TPSA) is 43.8 Å². The maximum atomic E-state index is 5.82. The second-order valence-electron chi connectivity index (χ2n) is 4.17. The third-order valence-corrected chi connectivity index (χ3v) is 2.95. The quantitative estimate of drug-likeness (QED) is 0.836. The summed E-state index contributed by atoms with van der Waals surface area (Å²) in [4.78, 5) is 4.29. The molecule has 2 rings (SSSR count). The Labute approximate surface area is 95.9 Å². The van der Waals surface area contributed by atoms with Crippen molar-refractivity contribution in [3.63, 3.8) is 0 Å². The molecule has 3 heteroatoms. The van der Waals surface area contributed by atoms with E-state index in [1.165, 1.54) is 5.69 Å². The van der Waals surface area contributed by atoms with E-state index in [1.807, 2.05) is 20.2 Å². The van der Waals surface area contributed by atoms with E-state index in [0.29, 0.717) is 0 Å². The second kappa shape index (κ2) is 4.10. The Hall–Kier alpha value is -1.61. The van der Waals surface area contributed by atoms with Crippen LogP contribution in [0.5, 0.6) is 0 Å². The lowest BCUT2D eigenvalue weighted by molar-refractivity contribution is 0.817. The van der Waals surface area contributed by atoms with Crippen LogP contribution in [0.1, 0.15) is 29.9 Å². The fraction of sp³-hybridized carbons (Fsp3) is 0.308. The molecule has 1 aromatic heterocycles. The van der Waals surface area contributed by atoms with Gasteiger partial charge in [0.05, 0.1) is 12.0 Å². The molecule has 0 fully saturated rings. The van der Waals surface area contributed by atoms with Crippen LogP contribution in [0.3, 0.4) is 0 Å². The molecule has 0 unspecified atom stereocenters. The molecule has 1 heterocycles. The third kappa shape index (κ3) is 1.86. The molecule has 0 saturated heterocycles. The summed E-state index contributed by atoms with van der Waals surface area (Å²) in [7, 11) is 0. The maximum Gasteiger partial charge on any atom is 0.0997 e. The molecule has 3 nitrogen and oxygen atoms in total. The SMILES string of the molecule is Cc1ncn(-c2ccc([C@@H](C)N)cc2)c1C. The highest BCUT2D eigenvalue weighted by Crippen LogP contribution is 2.16. The van der Waals surface area contributed by atoms with Gasteiger partial charge < -0.3 is 10.3 Å². The minimum absolute atomic E-state index is 0.0830. The Bertz CT molecular complexity index is 480. The smallest absolute Gasteiger partial charge is 0.0997 e. The molecule has 0 saturated carbocycles. The molecule has 0 aliphatic heterocycles. The lowest BCUT2D eigenvalue weighted by atomic mass is 10.1. The first-order valence-corrected chi connectivity index (χ1v) is 5.46. The van der Waals surface area contributed by atoms with Gasteiger partial charge in [0.1, 0.15) is 0 Å². The minimum Gasteiger partial charge on any atom is -0.324 e. The van der Waals surface area contributed by atoms with Crippen LogP contribution in [0.15, 0.2) is 30.6 Å². The highest BCUT2D eigenvalue weighted by molar-refractivity contribution is 5.37. The molecule has 0 bridgehead atoms. The van der Waals surface area contributed by atoms with Crippen molar-refractivity contribution in [1.82, 2.24) is 9.55 Å². The fourth-order valence-electron chi connectivity index (χ4n) is 1.70. The Morgan fingerprint density at radius 1 is 1.19 bits per heavy atom.